The third-order valence-corrected chi connectivity index (χ3v) is 10.6. The summed E-state index contributed by atoms with van der Waals surface area (Å²) in [7, 11) is -4.63. The number of carboxylic acid groups (broad SMARTS) is 1. The first kappa shape index (κ1) is 46.1. The Labute approximate surface area is 334 Å². The molecule has 3 atom stereocenters. The summed E-state index contributed by atoms with van der Waals surface area (Å²) in [5, 5.41) is 15.8. The summed E-state index contributed by atoms with van der Waals surface area (Å²) in [6, 6.07) is 19.8. The molecule has 0 bridgehead atoms. The zero-order valence-corrected chi connectivity index (χ0v) is 33.6. The van der Waals surface area contributed by atoms with E-state index in [0.29, 0.717) is 46.9 Å². The van der Waals surface area contributed by atoms with Crippen LogP contribution in [0.15, 0.2) is 89.8 Å². The number of aldehydes is 1. The van der Waals surface area contributed by atoms with Gasteiger partial charge in [-0.3, -0.25) is 14.4 Å². The lowest BCUT2D eigenvalue weighted by Crippen LogP contribution is -2.57. The second kappa shape index (κ2) is 23.7. The summed E-state index contributed by atoms with van der Waals surface area (Å²) in [6.45, 7) is 5.58. The van der Waals surface area contributed by atoms with E-state index in [4.69, 9.17) is 15.3 Å². The molecule has 0 saturated carbocycles. The third kappa shape index (κ3) is 14.9. The van der Waals surface area contributed by atoms with Crippen molar-refractivity contribution in [3.05, 3.63) is 102 Å². The number of carbonyl (C=O) groups excluding carboxylic acids is 4. The van der Waals surface area contributed by atoms with E-state index in [1.807, 2.05) is 6.07 Å². The van der Waals surface area contributed by atoms with Crippen LogP contribution in [0, 0.1) is 12.8 Å². The van der Waals surface area contributed by atoms with Gasteiger partial charge in [0.25, 0.3) is 10.0 Å². The van der Waals surface area contributed by atoms with Crippen LogP contribution in [-0.4, -0.2) is 91.0 Å². The molecule has 0 radical (unpaired) electrons. The highest BCUT2D eigenvalue weighted by atomic mass is 32.2. The normalized spacial score (nSPS) is 12.9. The molecular formula is C41H55N5O10S. The van der Waals surface area contributed by atoms with Gasteiger partial charge in [0.15, 0.2) is 0 Å². The van der Waals surface area contributed by atoms with E-state index >= 15 is 0 Å². The number of hydroxylamine groups is 2. The number of amides is 4. The molecule has 5 N–H and O–H groups in total. The van der Waals surface area contributed by atoms with Gasteiger partial charge in [0.05, 0.1) is 11.5 Å². The molecule has 16 heteroatoms. The number of ether oxygens (including phenoxy) is 1. The number of unbranched alkanes of at least 4 members (excludes halogenated alkanes) is 2. The van der Waals surface area contributed by atoms with Gasteiger partial charge in [0.2, 0.25) is 11.8 Å². The Balaban J connectivity index is 1.80. The number of nitrogens with two attached hydrogens (primary N) is 1. The smallest absolute Gasteiger partial charge is 0.432 e. The van der Waals surface area contributed by atoms with Crippen molar-refractivity contribution in [3.8, 4) is 0 Å². The van der Waals surface area contributed by atoms with E-state index in [0.717, 1.165) is 11.1 Å². The van der Waals surface area contributed by atoms with Crippen LogP contribution in [0.4, 0.5) is 9.59 Å². The van der Waals surface area contributed by atoms with Gasteiger partial charge < -0.3 is 31.0 Å². The molecule has 15 nitrogen and oxygen atoms in total. The molecule has 310 valence electrons. The summed E-state index contributed by atoms with van der Waals surface area (Å²) in [4.78, 5) is 70.7. The Hall–Kier alpha value is -5.32. The number of rotatable bonds is 24. The minimum Gasteiger partial charge on any atom is -0.463 e. The Kier molecular flexibility index (Phi) is 19.1. The van der Waals surface area contributed by atoms with Crippen LogP contribution in [0.25, 0.3) is 0 Å². The standard InChI is InChI=1S/C41H55N5O10S/c1-30(2)28-55-41(52)46(57(53,54)35-22-20-31(3)21-23-35)37(19-10-12-24-42)39(49)44-36(26-32-14-6-4-7-15-32)38(48)43-25-13-11-18-34(27-47)45(40(50)51)56-29-33-16-8-5-9-17-33/h4-9,14-17,20-23,27,30,34,36-37H,10-13,18-19,24-26,28-29,42H2,1-3H3,(H,43,48)(H,44,49)(H,50,51)/t34-,36-,37+/m0/s1. The molecule has 0 unspecified atom stereocenters. The molecule has 0 aliphatic heterocycles. The molecular weight excluding hydrogens is 755 g/mol. The summed E-state index contributed by atoms with van der Waals surface area (Å²) < 4.78 is 34.2. The fourth-order valence-electron chi connectivity index (χ4n) is 5.75. The second-order valence-corrected chi connectivity index (χ2v) is 15.8. The highest BCUT2D eigenvalue weighted by Crippen LogP contribution is 2.24. The number of aryl methyl sites for hydroxylation is 1. The van der Waals surface area contributed by atoms with E-state index in [9.17, 15) is 37.5 Å². The zero-order valence-electron chi connectivity index (χ0n) is 32.7. The molecule has 0 saturated heterocycles. The number of hydrogen-bond acceptors (Lipinski definition) is 10. The van der Waals surface area contributed by atoms with E-state index in [-0.39, 0.29) is 56.4 Å². The van der Waals surface area contributed by atoms with Crippen molar-refractivity contribution in [1.82, 2.24) is 20.0 Å². The molecule has 4 amide bonds. The number of carbonyl (C=O) groups is 5. The van der Waals surface area contributed by atoms with E-state index in [2.05, 4.69) is 10.6 Å². The van der Waals surface area contributed by atoms with Crippen LogP contribution in [0.5, 0.6) is 0 Å². The minimum atomic E-state index is -4.63. The van der Waals surface area contributed by atoms with Crippen LogP contribution in [0.2, 0.25) is 0 Å². The fourth-order valence-corrected chi connectivity index (χ4v) is 7.24. The van der Waals surface area contributed by atoms with Gasteiger partial charge in [-0.1, -0.05) is 92.2 Å². The fraction of sp³-hybridized carbons (Fsp3) is 0.439. The van der Waals surface area contributed by atoms with Crippen LogP contribution in [0.3, 0.4) is 0 Å². The zero-order chi connectivity index (χ0) is 41.8. The maximum atomic E-state index is 14.3. The van der Waals surface area contributed by atoms with Crippen LogP contribution in [-0.2, 0) is 47.0 Å². The van der Waals surface area contributed by atoms with Gasteiger partial charge in [0.1, 0.15) is 31.0 Å². The summed E-state index contributed by atoms with van der Waals surface area (Å²) in [6.07, 6.45) is -0.670. The number of nitrogens with zero attached hydrogens (tertiary/aromatic N) is 2. The number of hydrogen-bond donors (Lipinski definition) is 4. The van der Waals surface area contributed by atoms with Crippen LogP contribution >= 0.6 is 0 Å². The van der Waals surface area contributed by atoms with Gasteiger partial charge in [0, 0.05) is 13.0 Å². The molecule has 0 aromatic heterocycles. The number of benzene rings is 3. The molecule has 0 aliphatic carbocycles. The van der Waals surface area contributed by atoms with Crippen molar-refractivity contribution < 1.29 is 47.1 Å². The maximum absolute atomic E-state index is 14.3. The Morgan fingerprint density at radius 3 is 2.04 bits per heavy atom. The van der Waals surface area contributed by atoms with Gasteiger partial charge in [-0.05, 0) is 81.2 Å². The van der Waals surface area contributed by atoms with Gasteiger partial charge in [-0.2, -0.15) is 9.37 Å². The van der Waals surface area contributed by atoms with E-state index < -0.39 is 52.1 Å². The molecule has 0 fully saturated rings. The van der Waals surface area contributed by atoms with E-state index in [1.54, 1.807) is 87.5 Å². The lowest BCUT2D eigenvalue weighted by Gasteiger charge is -2.31. The molecule has 0 aliphatic rings. The predicted molar refractivity (Wildman–Crippen MR) is 213 cm³/mol. The summed E-state index contributed by atoms with van der Waals surface area (Å²) in [5.41, 5.74) is 7.95. The lowest BCUT2D eigenvalue weighted by atomic mass is 10.0. The first-order valence-electron chi connectivity index (χ1n) is 19.0. The van der Waals surface area contributed by atoms with Crippen LogP contribution in [0.1, 0.15) is 69.1 Å². The Morgan fingerprint density at radius 1 is 0.842 bits per heavy atom. The predicted octanol–water partition coefficient (Wildman–Crippen LogP) is 4.97. The quantitative estimate of drug-likeness (QED) is 0.0539. The molecule has 3 aromatic carbocycles. The Bertz CT molecular complexity index is 1830. The van der Waals surface area contributed by atoms with E-state index in [1.165, 1.54) is 12.1 Å². The molecule has 0 spiro atoms. The monoisotopic (exact) mass is 809 g/mol. The molecule has 57 heavy (non-hydrogen) atoms. The first-order valence-corrected chi connectivity index (χ1v) is 20.5. The van der Waals surface area contributed by atoms with Gasteiger partial charge in [-0.25, -0.2) is 18.0 Å². The SMILES string of the molecule is Cc1ccc(S(=O)(=O)N(C(=O)OCC(C)C)[C@H](CCCCN)C(=O)N[C@@H](Cc2ccccc2)C(=O)NCCCC[C@@H](C=O)N(OCc2ccccc2)C(=O)O)cc1. The number of sulfonamides is 1. The van der Waals surface area contributed by atoms with Crippen molar-refractivity contribution >= 4 is 40.3 Å². The third-order valence-electron chi connectivity index (χ3n) is 8.82. The average Bonchev–Trinajstić information content (AvgIpc) is 3.19. The largest absolute Gasteiger partial charge is 0.463 e. The van der Waals surface area contributed by atoms with Gasteiger partial charge >= 0.3 is 12.2 Å². The number of nitrogens with one attached hydrogen (secondary N) is 2. The first-order chi connectivity index (χ1) is 27.3. The molecule has 3 rings (SSSR count). The summed E-state index contributed by atoms with van der Waals surface area (Å²) in [5.74, 6) is -1.58. The highest BCUT2D eigenvalue weighted by Gasteiger charge is 2.42. The minimum absolute atomic E-state index is 0.0377. The van der Waals surface area contributed by atoms with Gasteiger partial charge in [-0.15, -0.1) is 0 Å². The second-order valence-electron chi connectivity index (χ2n) is 14.0. The maximum Gasteiger partial charge on any atom is 0.432 e. The van der Waals surface area contributed by atoms with Crippen molar-refractivity contribution in [1.29, 1.82) is 0 Å². The average molecular weight is 810 g/mol. The van der Waals surface area contributed by atoms with Crippen molar-refractivity contribution in [2.75, 3.05) is 19.7 Å². The molecule has 3 aromatic rings. The van der Waals surface area contributed by atoms with Crippen molar-refractivity contribution in [3.63, 3.8) is 0 Å². The summed E-state index contributed by atoms with van der Waals surface area (Å²) >= 11 is 0. The lowest BCUT2D eigenvalue weighted by molar-refractivity contribution is -0.169. The van der Waals surface area contributed by atoms with Crippen molar-refractivity contribution in [2.24, 2.45) is 11.7 Å². The topological polar surface area (TPSA) is 215 Å². The van der Waals surface area contributed by atoms with Crippen LogP contribution < -0.4 is 16.4 Å². The Morgan fingerprint density at radius 2 is 1.46 bits per heavy atom. The van der Waals surface area contributed by atoms with Crippen molar-refractivity contribution in [2.45, 2.75) is 95.3 Å². The highest BCUT2D eigenvalue weighted by molar-refractivity contribution is 7.89. The molecule has 0 heterocycles.